The van der Waals surface area contributed by atoms with Crippen molar-refractivity contribution in [3.63, 3.8) is 0 Å². The molecular formula is C26H23ClFN5O5. The lowest BCUT2D eigenvalue weighted by molar-refractivity contribution is 0.134. The molecule has 0 spiro atoms. The molecule has 1 aliphatic heterocycles. The highest BCUT2D eigenvalue weighted by molar-refractivity contribution is 6.34. The summed E-state index contributed by atoms with van der Waals surface area (Å²) in [6, 6.07) is 11.7. The summed E-state index contributed by atoms with van der Waals surface area (Å²) in [6.07, 6.45) is 1.43. The van der Waals surface area contributed by atoms with Crippen molar-refractivity contribution < 1.29 is 28.1 Å². The van der Waals surface area contributed by atoms with Crippen LogP contribution in [0.25, 0.3) is 10.9 Å². The van der Waals surface area contributed by atoms with Gasteiger partial charge < -0.3 is 34.9 Å². The fraction of sp³-hybridized carbons (Fsp3) is 0.192. The molecule has 4 aromatic rings. The molecule has 3 N–H and O–H groups in total. The number of urea groups is 1. The molecule has 0 bridgehead atoms. The number of hydrogen-bond donors (Lipinski definition) is 3. The highest BCUT2D eigenvalue weighted by Crippen LogP contribution is 2.47. The van der Waals surface area contributed by atoms with Gasteiger partial charge in [-0.05, 0) is 42.5 Å². The van der Waals surface area contributed by atoms with Crippen LogP contribution in [0.3, 0.4) is 0 Å². The van der Waals surface area contributed by atoms with Gasteiger partial charge in [0.15, 0.2) is 11.5 Å². The minimum atomic E-state index is -0.520. The Kier molecular flexibility index (Phi) is 7.57. The number of nitrogens with zero attached hydrogens (tertiary/aromatic N) is 2. The number of benzene rings is 3. The van der Waals surface area contributed by atoms with E-state index in [1.54, 1.807) is 31.4 Å². The summed E-state index contributed by atoms with van der Waals surface area (Å²) in [5, 5.41) is 9.44. The number of hydrogen-bond acceptors (Lipinski definition) is 8. The minimum absolute atomic E-state index is 0.290. The lowest BCUT2D eigenvalue weighted by Gasteiger charge is -2.23. The fourth-order valence-corrected chi connectivity index (χ4v) is 4.02. The predicted molar refractivity (Wildman–Crippen MR) is 142 cm³/mol. The average molecular weight is 540 g/mol. The van der Waals surface area contributed by atoms with E-state index in [9.17, 15) is 9.18 Å². The lowest BCUT2D eigenvalue weighted by Crippen LogP contribution is -2.19. The quantitative estimate of drug-likeness (QED) is 0.248. The number of aromatic nitrogens is 2. The van der Waals surface area contributed by atoms with Gasteiger partial charge in [0, 0.05) is 24.6 Å². The number of carbonyl (C=O) groups is 1. The van der Waals surface area contributed by atoms with E-state index in [1.165, 1.54) is 30.6 Å². The number of anilines is 4. The number of methoxy groups -OCH3 is 1. The molecule has 10 nitrogen and oxygen atoms in total. The van der Waals surface area contributed by atoms with E-state index in [4.69, 9.17) is 30.5 Å². The van der Waals surface area contributed by atoms with Crippen LogP contribution < -0.4 is 30.2 Å². The van der Waals surface area contributed by atoms with Crippen molar-refractivity contribution in [1.29, 1.82) is 0 Å². The van der Waals surface area contributed by atoms with Gasteiger partial charge >= 0.3 is 6.03 Å². The summed E-state index contributed by atoms with van der Waals surface area (Å²) in [5.74, 6) is 1.54. The minimum Gasteiger partial charge on any atom is -0.487 e. The molecule has 196 valence electrons. The summed E-state index contributed by atoms with van der Waals surface area (Å²) < 4.78 is 35.8. The van der Waals surface area contributed by atoms with Crippen LogP contribution in [0.4, 0.5) is 32.1 Å². The fourth-order valence-electron chi connectivity index (χ4n) is 3.80. The molecule has 38 heavy (non-hydrogen) atoms. The Labute approximate surface area is 222 Å². The Balaban J connectivity index is 1.37. The molecule has 0 unspecified atom stereocenters. The molecule has 0 radical (unpaired) electrons. The van der Waals surface area contributed by atoms with E-state index in [0.29, 0.717) is 77.5 Å². The van der Waals surface area contributed by atoms with Gasteiger partial charge in [0.05, 0.1) is 28.2 Å². The molecule has 0 atom stereocenters. The van der Waals surface area contributed by atoms with Crippen molar-refractivity contribution in [2.45, 2.75) is 0 Å². The van der Waals surface area contributed by atoms with Gasteiger partial charge in [-0.25, -0.2) is 19.2 Å². The van der Waals surface area contributed by atoms with Gasteiger partial charge in [-0.1, -0.05) is 11.6 Å². The van der Waals surface area contributed by atoms with Gasteiger partial charge in [0.25, 0.3) is 0 Å². The Morgan fingerprint density at radius 2 is 1.76 bits per heavy atom. The van der Waals surface area contributed by atoms with Crippen molar-refractivity contribution in [3.05, 3.63) is 65.7 Å². The van der Waals surface area contributed by atoms with E-state index in [-0.39, 0.29) is 5.02 Å². The molecule has 3 aromatic carbocycles. The number of amides is 2. The molecule has 12 heteroatoms. The van der Waals surface area contributed by atoms with E-state index >= 15 is 0 Å². The molecule has 1 aliphatic rings. The zero-order chi connectivity index (χ0) is 26.5. The van der Waals surface area contributed by atoms with Crippen molar-refractivity contribution >= 4 is 51.4 Å². The first-order valence-corrected chi connectivity index (χ1v) is 12.0. The lowest BCUT2D eigenvalue weighted by atomic mass is 10.1. The first-order valence-electron chi connectivity index (χ1n) is 11.6. The molecule has 2 amide bonds. The first kappa shape index (κ1) is 25.3. The highest BCUT2D eigenvalue weighted by Gasteiger charge is 2.24. The van der Waals surface area contributed by atoms with Crippen LogP contribution >= 0.6 is 11.6 Å². The Morgan fingerprint density at radius 3 is 2.53 bits per heavy atom. The van der Waals surface area contributed by atoms with Crippen molar-refractivity contribution in [2.75, 3.05) is 49.5 Å². The number of ether oxygens (including phenoxy) is 4. The molecule has 0 aliphatic carbocycles. The summed E-state index contributed by atoms with van der Waals surface area (Å²) in [6.45, 7) is 1.51. The Bertz CT molecular complexity index is 1470. The predicted octanol–water partition coefficient (Wildman–Crippen LogP) is 5.61. The molecular weight excluding hydrogens is 517 g/mol. The Morgan fingerprint density at radius 1 is 1.00 bits per heavy atom. The van der Waals surface area contributed by atoms with Crippen LogP contribution in [0.1, 0.15) is 0 Å². The van der Waals surface area contributed by atoms with E-state index in [0.717, 1.165) is 0 Å². The number of rotatable bonds is 8. The second kappa shape index (κ2) is 11.4. The van der Waals surface area contributed by atoms with Gasteiger partial charge in [0.2, 0.25) is 5.75 Å². The van der Waals surface area contributed by atoms with Crippen molar-refractivity contribution in [3.8, 4) is 17.2 Å². The second-order valence-electron chi connectivity index (χ2n) is 8.09. The molecule has 1 aromatic heterocycles. The molecule has 0 saturated carbocycles. The molecule has 0 saturated heterocycles. The maximum Gasteiger partial charge on any atom is 0.323 e. The molecule has 5 rings (SSSR count). The average Bonchev–Trinajstić information content (AvgIpc) is 2.92. The topological polar surface area (TPSA) is 116 Å². The molecule has 0 fully saturated rings. The van der Waals surface area contributed by atoms with Crippen LogP contribution in [-0.2, 0) is 4.74 Å². The first-order chi connectivity index (χ1) is 18.5. The third kappa shape index (κ3) is 5.63. The number of halogens is 2. The van der Waals surface area contributed by atoms with Crippen LogP contribution in [-0.4, -0.2) is 49.5 Å². The third-order valence-electron chi connectivity index (χ3n) is 5.50. The van der Waals surface area contributed by atoms with E-state index in [1.807, 2.05) is 0 Å². The summed E-state index contributed by atoms with van der Waals surface area (Å²) in [7, 11) is 1.60. The van der Waals surface area contributed by atoms with Crippen molar-refractivity contribution in [2.24, 2.45) is 0 Å². The maximum absolute atomic E-state index is 13.1. The summed E-state index contributed by atoms with van der Waals surface area (Å²) in [5.41, 5.74) is 2.04. The van der Waals surface area contributed by atoms with Crippen LogP contribution in [0, 0.1) is 5.82 Å². The Hall–Kier alpha value is -4.35. The van der Waals surface area contributed by atoms with Crippen LogP contribution in [0.2, 0.25) is 5.02 Å². The van der Waals surface area contributed by atoms with Crippen LogP contribution in [0.5, 0.6) is 17.2 Å². The maximum atomic E-state index is 13.1. The summed E-state index contributed by atoms with van der Waals surface area (Å²) in [4.78, 5) is 21.1. The van der Waals surface area contributed by atoms with E-state index < -0.39 is 11.8 Å². The van der Waals surface area contributed by atoms with Gasteiger partial charge in [-0.2, -0.15) is 0 Å². The van der Waals surface area contributed by atoms with Crippen molar-refractivity contribution in [1.82, 2.24) is 9.97 Å². The highest BCUT2D eigenvalue weighted by atomic mass is 35.5. The SMILES string of the molecule is COCCOc1cc2ncnc(Nc3ccc(NC(=O)Nc4ccc(F)cc4)c(Cl)c3)c2c2c1OCCO2. The third-order valence-corrected chi connectivity index (χ3v) is 5.82. The van der Waals surface area contributed by atoms with Gasteiger partial charge in [-0.3, -0.25) is 0 Å². The zero-order valence-electron chi connectivity index (χ0n) is 20.2. The van der Waals surface area contributed by atoms with E-state index in [2.05, 4.69) is 25.9 Å². The zero-order valence-corrected chi connectivity index (χ0v) is 21.0. The smallest absolute Gasteiger partial charge is 0.323 e. The normalized spacial score (nSPS) is 12.2. The second-order valence-corrected chi connectivity index (χ2v) is 8.50. The number of fused-ring (bicyclic) bond motifs is 3. The number of carbonyl (C=O) groups excluding carboxylic acids is 1. The monoisotopic (exact) mass is 539 g/mol. The number of nitrogens with one attached hydrogen (secondary N) is 3. The van der Waals surface area contributed by atoms with Gasteiger partial charge in [0.1, 0.15) is 37.8 Å². The molecule has 2 heterocycles. The standard InChI is InChI=1S/C26H23ClFN5O5/c1-35-8-9-36-21-13-20-22(24-23(21)37-10-11-38-24)25(30-14-29-20)31-17-6-7-19(18(27)12-17)33-26(34)32-16-4-2-15(28)3-5-16/h2-7,12-14H,8-11H2,1H3,(H,29,30,31)(H2,32,33,34). The largest absolute Gasteiger partial charge is 0.487 e. The van der Waals surface area contributed by atoms with Gasteiger partial charge in [-0.15, -0.1) is 0 Å². The summed E-state index contributed by atoms with van der Waals surface area (Å²) >= 11 is 6.44. The van der Waals surface area contributed by atoms with Crippen LogP contribution in [0.15, 0.2) is 54.9 Å².